The fraction of sp³-hybridized carbons (Fsp3) is 0. The lowest BCUT2D eigenvalue weighted by atomic mass is 10.2. The summed E-state index contributed by atoms with van der Waals surface area (Å²) >= 11 is 0. The van der Waals surface area contributed by atoms with Crippen molar-refractivity contribution < 1.29 is 0 Å². The molecule has 13 heavy (non-hydrogen) atoms. The molecular weight excluding hydrogens is 164 g/mol. The zero-order valence-electron chi connectivity index (χ0n) is 6.88. The van der Waals surface area contributed by atoms with Crippen molar-refractivity contribution in [3.8, 4) is 11.3 Å². The van der Waals surface area contributed by atoms with E-state index in [0.29, 0.717) is 5.82 Å². The van der Waals surface area contributed by atoms with E-state index >= 15 is 0 Å². The third-order valence-corrected chi connectivity index (χ3v) is 1.64. The fourth-order valence-electron chi connectivity index (χ4n) is 1.01. The summed E-state index contributed by atoms with van der Waals surface area (Å²) < 4.78 is 0. The van der Waals surface area contributed by atoms with Crippen LogP contribution in [0.15, 0.2) is 36.7 Å². The van der Waals surface area contributed by atoms with Crippen LogP contribution in [0, 0.1) is 0 Å². The van der Waals surface area contributed by atoms with Gasteiger partial charge in [0, 0.05) is 18.0 Å². The average molecular weight is 172 g/mol. The van der Waals surface area contributed by atoms with Gasteiger partial charge < -0.3 is 5.73 Å². The Morgan fingerprint density at radius 2 is 2.00 bits per heavy atom. The molecule has 0 amide bonds. The number of nitrogens with two attached hydrogens (primary N) is 1. The van der Waals surface area contributed by atoms with Crippen LogP contribution in [-0.2, 0) is 0 Å². The molecule has 2 rings (SSSR count). The molecule has 0 radical (unpaired) electrons. The molecule has 0 atom stereocenters. The van der Waals surface area contributed by atoms with E-state index in [0.717, 1.165) is 11.3 Å². The normalized spacial score (nSPS) is 9.85. The van der Waals surface area contributed by atoms with Crippen molar-refractivity contribution in [3.63, 3.8) is 0 Å². The van der Waals surface area contributed by atoms with Crippen molar-refractivity contribution in [1.29, 1.82) is 0 Å². The molecule has 0 fully saturated rings. The highest BCUT2D eigenvalue weighted by Crippen LogP contribution is 2.13. The van der Waals surface area contributed by atoms with Gasteiger partial charge in [-0.15, -0.1) is 10.2 Å². The maximum atomic E-state index is 5.42. The molecule has 64 valence electrons. The van der Waals surface area contributed by atoms with Crippen LogP contribution in [0.3, 0.4) is 0 Å². The van der Waals surface area contributed by atoms with E-state index in [1.54, 1.807) is 18.5 Å². The molecule has 0 spiro atoms. The molecule has 2 aromatic heterocycles. The monoisotopic (exact) mass is 172 g/mol. The van der Waals surface area contributed by atoms with Gasteiger partial charge in [-0.3, -0.25) is 4.98 Å². The Balaban J connectivity index is 2.42. The minimum absolute atomic E-state index is 0.424. The molecule has 0 saturated heterocycles. The van der Waals surface area contributed by atoms with Crippen LogP contribution in [0.25, 0.3) is 11.3 Å². The Hall–Kier alpha value is -1.97. The van der Waals surface area contributed by atoms with Crippen molar-refractivity contribution in [3.05, 3.63) is 36.7 Å². The van der Waals surface area contributed by atoms with Gasteiger partial charge >= 0.3 is 0 Å². The highest BCUT2D eigenvalue weighted by Gasteiger charge is 1.97. The number of anilines is 1. The van der Waals surface area contributed by atoms with Gasteiger partial charge in [-0.05, 0) is 24.3 Å². The highest BCUT2D eigenvalue weighted by atomic mass is 15.1. The van der Waals surface area contributed by atoms with Gasteiger partial charge in [0.2, 0.25) is 0 Å². The molecule has 0 aliphatic rings. The Kier molecular flexibility index (Phi) is 1.88. The second kappa shape index (κ2) is 3.18. The van der Waals surface area contributed by atoms with Crippen LogP contribution in [-0.4, -0.2) is 15.2 Å². The maximum Gasteiger partial charge on any atom is 0.146 e. The molecule has 0 aliphatic heterocycles. The third kappa shape index (κ3) is 1.61. The molecule has 0 bridgehead atoms. The van der Waals surface area contributed by atoms with Gasteiger partial charge in [0.25, 0.3) is 0 Å². The largest absolute Gasteiger partial charge is 0.382 e. The molecule has 2 heterocycles. The van der Waals surface area contributed by atoms with Crippen LogP contribution in [0.1, 0.15) is 0 Å². The molecule has 0 aliphatic carbocycles. The predicted octanol–water partition coefficient (Wildman–Crippen LogP) is 1.12. The van der Waals surface area contributed by atoms with E-state index in [2.05, 4.69) is 15.2 Å². The second-order valence-electron chi connectivity index (χ2n) is 2.59. The van der Waals surface area contributed by atoms with Gasteiger partial charge in [-0.2, -0.15) is 0 Å². The van der Waals surface area contributed by atoms with E-state index in [9.17, 15) is 0 Å². The van der Waals surface area contributed by atoms with E-state index in [1.165, 1.54) is 0 Å². The molecule has 0 aromatic carbocycles. The first-order chi connectivity index (χ1) is 6.36. The third-order valence-electron chi connectivity index (χ3n) is 1.64. The number of aromatic nitrogens is 3. The Morgan fingerprint density at radius 1 is 1.08 bits per heavy atom. The standard InChI is InChI=1S/C9H8N4/c10-9-4-3-8(12-13-9)7-2-1-5-11-6-7/h1-6H,(H2,10,13). The number of hydrogen-bond donors (Lipinski definition) is 1. The lowest BCUT2D eigenvalue weighted by Crippen LogP contribution is -1.93. The van der Waals surface area contributed by atoms with Gasteiger partial charge in [0.15, 0.2) is 0 Å². The quantitative estimate of drug-likeness (QED) is 0.700. The first-order valence-corrected chi connectivity index (χ1v) is 3.86. The zero-order valence-corrected chi connectivity index (χ0v) is 6.88. The Labute approximate surface area is 75.5 Å². The Morgan fingerprint density at radius 3 is 2.62 bits per heavy atom. The van der Waals surface area contributed by atoms with Crippen molar-refractivity contribution in [2.24, 2.45) is 0 Å². The van der Waals surface area contributed by atoms with E-state index in [-0.39, 0.29) is 0 Å². The summed E-state index contributed by atoms with van der Waals surface area (Å²) in [7, 11) is 0. The number of nitrogen functional groups attached to an aromatic ring is 1. The van der Waals surface area contributed by atoms with Gasteiger partial charge in [-0.1, -0.05) is 0 Å². The fourth-order valence-corrected chi connectivity index (χ4v) is 1.01. The van der Waals surface area contributed by atoms with Crippen LogP contribution >= 0.6 is 0 Å². The summed E-state index contributed by atoms with van der Waals surface area (Å²) in [4.78, 5) is 3.98. The first kappa shape index (κ1) is 7.67. The first-order valence-electron chi connectivity index (χ1n) is 3.86. The lowest BCUT2D eigenvalue weighted by Gasteiger charge is -1.97. The number of pyridine rings is 1. The number of nitrogens with zero attached hydrogens (tertiary/aromatic N) is 3. The van der Waals surface area contributed by atoms with E-state index in [4.69, 9.17) is 5.73 Å². The molecule has 0 saturated carbocycles. The van der Waals surface area contributed by atoms with Crippen molar-refractivity contribution in [2.45, 2.75) is 0 Å². The summed E-state index contributed by atoms with van der Waals surface area (Å²) in [6.07, 6.45) is 3.45. The smallest absolute Gasteiger partial charge is 0.146 e. The predicted molar refractivity (Wildman–Crippen MR) is 49.7 cm³/mol. The minimum atomic E-state index is 0.424. The summed E-state index contributed by atoms with van der Waals surface area (Å²) in [5.74, 6) is 0.424. The Bertz CT molecular complexity index is 382. The SMILES string of the molecule is Nc1ccc(-c2cccnc2)nn1. The topological polar surface area (TPSA) is 64.7 Å². The molecule has 2 N–H and O–H groups in total. The summed E-state index contributed by atoms with van der Waals surface area (Å²) in [5.41, 5.74) is 7.14. The summed E-state index contributed by atoms with van der Waals surface area (Å²) in [6, 6.07) is 7.31. The molecule has 4 nitrogen and oxygen atoms in total. The second-order valence-corrected chi connectivity index (χ2v) is 2.59. The van der Waals surface area contributed by atoms with E-state index < -0.39 is 0 Å². The van der Waals surface area contributed by atoms with Crippen LogP contribution < -0.4 is 5.73 Å². The summed E-state index contributed by atoms with van der Waals surface area (Å²) in [6.45, 7) is 0. The number of rotatable bonds is 1. The maximum absolute atomic E-state index is 5.42. The van der Waals surface area contributed by atoms with Crippen LogP contribution in [0.5, 0.6) is 0 Å². The van der Waals surface area contributed by atoms with Gasteiger partial charge in [-0.25, -0.2) is 0 Å². The number of hydrogen-bond acceptors (Lipinski definition) is 4. The average Bonchev–Trinajstić information content (AvgIpc) is 2.20. The molecule has 4 heteroatoms. The lowest BCUT2D eigenvalue weighted by molar-refractivity contribution is 1.05. The van der Waals surface area contributed by atoms with Gasteiger partial charge in [0.1, 0.15) is 5.82 Å². The zero-order chi connectivity index (χ0) is 9.10. The van der Waals surface area contributed by atoms with Crippen molar-refractivity contribution in [1.82, 2.24) is 15.2 Å². The molecular formula is C9H8N4. The minimum Gasteiger partial charge on any atom is -0.382 e. The molecule has 0 unspecified atom stereocenters. The van der Waals surface area contributed by atoms with Crippen molar-refractivity contribution >= 4 is 5.82 Å². The van der Waals surface area contributed by atoms with Crippen LogP contribution in [0.4, 0.5) is 5.82 Å². The highest BCUT2D eigenvalue weighted by molar-refractivity contribution is 5.57. The van der Waals surface area contributed by atoms with E-state index in [1.807, 2.05) is 18.2 Å². The summed E-state index contributed by atoms with van der Waals surface area (Å²) in [5, 5.41) is 7.69. The van der Waals surface area contributed by atoms with Crippen molar-refractivity contribution in [2.75, 3.05) is 5.73 Å². The van der Waals surface area contributed by atoms with Gasteiger partial charge in [0.05, 0.1) is 5.69 Å². The molecule has 2 aromatic rings. The van der Waals surface area contributed by atoms with Crippen LogP contribution in [0.2, 0.25) is 0 Å².